The van der Waals surface area contributed by atoms with Gasteiger partial charge in [0.2, 0.25) is 11.8 Å². The molecule has 3 rings (SSSR count). The van der Waals surface area contributed by atoms with Crippen molar-refractivity contribution in [3.8, 4) is 5.75 Å². The number of rotatable bonds is 6. The van der Waals surface area contributed by atoms with Crippen LogP contribution >= 0.6 is 0 Å². The molecule has 2 aromatic rings. The number of aryl methyl sites for hydroxylation is 1. The lowest BCUT2D eigenvalue weighted by Gasteiger charge is -2.17. The molecular formula is C21H24N2O3. The number of hydrogen-bond acceptors (Lipinski definition) is 3. The number of likely N-dealkylation sites (tertiary alicyclic amines) is 1. The molecule has 0 bridgehead atoms. The Morgan fingerprint density at radius 3 is 2.46 bits per heavy atom. The largest absolute Gasteiger partial charge is 0.493 e. The molecule has 5 heteroatoms. The van der Waals surface area contributed by atoms with Gasteiger partial charge < -0.3 is 15.4 Å². The fourth-order valence-electron chi connectivity index (χ4n) is 3.37. The summed E-state index contributed by atoms with van der Waals surface area (Å²) in [6.45, 7) is 3.22. The van der Waals surface area contributed by atoms with Gasteiger partial charge in [-0.2, -0.15) is 0 Å². The van der Waals surface area contributed by atoms with Crippen LogP contribution in [0.4, 0.5) is 0 Å². The van der Waals surface area contributed by atoms with Gasteiger partial charge in [-0.05, 0) is 30.2 Å². The van der Waals surface area contributed by atoms with Crippen molar-refractivity contribution < 1.29 is 14.3 Å². The summed E-state index contributed by atoms with van der Waals surface area (Å²) in [7, 11) is 0. The Morgan fingerprint density at radius 1 is 1.08 bits per heavy atom. The van der Waals surface area contributed by atoms with Crippen molar-refractivity contribution in [2.75, 3.05) is 19.7 Å². The minimum Gasteiger partial charge on any atom is -0.493 e. The van der Waals surface area contributed by atoms with E-state index in [4.69, 9.17) is 10.5 Å². The molecule has 5 nitrogen and oxygen atoms in total. The Labute approximate surface area is 153 Å². The van der Waals surface area contributed by atoms with E-state index in [0.717, 1.165) is 16.9 Å². The van der Waals surface area contributed by atoms with Crippen molar-refractivity contribution >= 4 is 11.8 Å². The smallest absolute Gasteiger partial charge is 0.227 e. The summed E-state index contributed by atoms with van der Waals surface area (Å²) in [6.07, 6.45) is 0.338. The number of para-hydroxylation sites is 1. The molecule has 1 aliphatic rings. The lowest BCUT2D eigenvalue weighted by Crippen LogP contribution is -2.33. The molecule has 136 valence electrons. The first kappa shape index (κ1) is 18.0. The van der Waals surface area contributed by atoms with Crippen LogP contribution in [0.3, 0.4) is 0 Å². The van der Waals surface area contributed by atoms with Crippen LogP contribution in [-0.2, 0) is 16.0 Å². The zero-order chi connectivity index (χ0) is 18.5. The number of carbonyl (C=O) groups excluding carboxylic acids is 2. The molecular weight excluding hydrogens is 328 g/mol. The molecule has 2 N–H and O–H groups in total. The molecule has 0 aromatic heterocycles. The quantitative estimate of drug-likeness (QED) is 0.866. The number of ether oxygens (including phenoxy) is 1. The summed E-state index contributed by atoms with van der Waals surface area (Å²) < 4.78 is 5.79. The molecule has 2 atom stereocenters. The Bertz CT molecular complexity index is 776. The molecule has 0 saturated carbocycles. The van der Waals surface area contributed by atoms with Crippen molar-refractivity contribution in [1.29, 1.82) is 0 Å². The minimum atomic E-state index is -0.377. The maximum absolute atomic E-state index is 12.7. The average molecular weight is 352 g/mol. The summed E-state index contributed by atoms with van der Waals surface area (Å²) in [4.78, 5) is 26.3. The van der Waals surface area contributed by atoms with E-state index in [1.54, 1.807) is 4.90 Å². The average Bonchev–Trinajstić information content (AvgIpc) is 3.07. The topological polar surface area (TPSA) is 72.6 Å². The van der Waals surface area contributed by atoms with Crippen LogP contribution in [0.5, 0.6) is 5.75 Å². The second-order valence-electron chi connectivity index (χ2n) is 6.79. The normalized spacial score (nSPS) is 19.3. The standard InChI is InChI=1S/C21H24N2O3/c1-15-7-5-6-8-16(15)11-20(24)23-12-17(19(13-23)21(22)25)14-26-18-9-3-2-4-10-18/h2-10,17,19H,11-14H2,1H3,(H2,22,25). The first-order valence-electron chi connectivity index (χ1n) is 8.84. The van der Waals surface area contributed by atoms with E-state index in [1.165, 1.54) is 0 Å². The van der Waals surface area contributed by atoms with Gasteiger partial charge in [-0.15, -0.1) is 0 Å². The number of nitrogens with zero attached hydrogens (tertiary/aromatic N) is 1. The van der Waals surface area contributed by atoms with Crippen molar-refractivity contribution in [3.63, 3.8) is 0 Å². The van der Waals surface area contributed by atoms with Crippen LogP contribution in [0.15, 0.2) is 54.6 Å². The lowest BCUT2D eigenvalue weighted by molar-refractivity contribution is -0.129. The monoisotopic (exact) mass is 352 g/mol. The van der Waals surface area contributed by atoms with Gasteiger partial charge in [0, 0.05) is 19.0 Å². The molecule has 1 aliphatic heterocycles. The third-order valence-electron chi connectivity index (χ3n) is 4.97. The highest BCUT2D eigenvalue weighted by atomic mass is 16.5. The number of amides is 2. The van der Waals surface area contributed by atoms with Gasteiger partial charge in [-0.25, -0.2) is 0 Å². The van der Waals surface area contributed by atoms with Gasteiger partial charge in [-0.3, -0.25) is 9.59 Å². The fourth-order valence-corrected chi connectivity index (χ4v) is 3.37. The van der Waals surface area contributed by atoms with Crippen LogP contribution in [-0.4, -0.2) is 36.4 Å². The highest BCUT2D eigenvalue weighted by Crippen LogP contribution is 2.25. The molecule has 2 aromatic carbocycles. The Kier molecular flexibility index (Phi) is 5.56. The van der Waals surface area contributed by atoms with Crippen molar-refractivity contribution in [3.05, 3.63) is 65.7 Å². The van der Waals surface area contributed by atoms with E-state index in [0.29, 0.717) is 26.1 Å². The van der Waals surface area contributed by atoms with Crippen LogP contribution in [0.1, 0.15) is 11.1 Å². The number of carbonyl (C=O) groups is 2. The molecule has 26 heavy (non-hydrogen) atoms. The molecule has 1 heterocycles. The number of primary amides is 1. The van der Waals surface area contributed by atoms with Gasteiger partial charge in [0.15, 0.2) is 0 Å². The van der Waals surface area contributed by atoms with Crippen LogP contribution in [0.2, 0.25) is 0 Å². The number of benzene rings is 2. The van der Waals surface area contributed by atoms with E-state index in [9.17, 15) is 9.59 Å². The second kappa shape index (κ2) is 8.04. The molecule has 0 radical (unpaired) electrons. The van der Waals surface area contributed by atoms with Crippen molar-refractivity contribution in [2.45, 2.75) is 13.3 Å². The molecule has 0 aliphatic carbocycles. The minimum absolute atomic E-state index is 0.0211. The lowest BCUT2D eigenvalue weighted by atomic mass is 9.96. The van der Waals surface area contributed by atoms with E-state index >= 15 is 0 Å². The van der Waals surface area contributed by atoms with Crippen LogP contribution < -0.4 is 10.5 Å². The predicted molar refractivity (Wildman–Crippen MR) is 99.6 cm³/mol. The summed E-state index contributed by atoms with van der Waals surface area (Å²) in [5, 5.41) is 0. The van der Waals surface area contributed by atoms with Crippen LogP contribution in [0, 0.1) is 18.8 Å². The second-order valence-corrected chi connectivity index (χ2v) is 6.79. The summed E-state index contributed by atoms with van der Waals surface area (Å²) >= 11 is 0. The summed E-state index contributed by atoms with van der Waals surface area (Å²) in [6, 6.07) is 17.3. The summed E-state index contributed by atoms with van der Waals surface area (Å²) in [5.74, 6) is -0.0703. The number of hydrogen-bond donors (Lipinski definition) is 1. The Hall–Kier alpha value is -2.82. The molecule has 1 saturated heterocycles. The third-order valence-corrected chi connectivity index (χ3v) is 4.97. The fraction of sp³-hybridized carbons (Fsp3) is 0.333. The van der Waals surface area contributed by atoms with Gasteiger partial charge in [-0.1, -0.05) is 42.5 Å². The highest BCUT2D eigenvalue weighted by molar-refractivity contribution is 5.82. The Balaban J connectivity index is 1.63. The van der Waals surface area contributed by atoms with E-state index in [2.05, 4.69) is 0 Å². The van der Waals surface area contributed by atoms with Gasteiger partial charge in [0.1, 0.15) is 5.75 Å². The van der Waals surface area contributed by atoms with Gasteiger partial charge in [0.25, 0.3) is 0 Å². The van der Waals surface area contributed by atoms with E-state index in [-0.39, 0.29) is 23.7 Å². The zero-order valence-corrected chi connectivity index (χ0v) is 14.9. The van der Waals surface area contributed by atoms with Crippen molar-refractivity contribution in [1.82, 2.24) is 4.90 Å². The zero-order valence-electron chi connectivity index (χ0n) is 14.9. The van der Waals surface area contributed by atoms with E-state index < -0.39 is 0 Å². The van der Waals surface area contributed by atoms with E-state index in [1.807, 2.05) is 61.5 Å². The highest BCUT2D eigenvalue weighted by Gasteiger charge is 2.38. The SMILES string of the molecule is Cc1ccccc1CC(=O)N1CC(COc2ccccc2)C(C(N)=O)C1. The first-order valence-corrected chi connectivity index (χ1v) is 8.84. The molecule has 1 fully saturated rings. The maximum Gasteiger partial charge on any atom is 0.227 e. The maximum atomic E-state index is 12.7. The van der Waals surface area contributed by atoms with Crippen LogP contribution in [0.25, 0.3) is 0 Å². The molecule has 0 spiro atoms. The first-order chi connectivity index (χ1) is 12.5. The molecule has 2 amide bonds. The summed E-state index contributed by atoms with van der Waals surface area (Å²) in [5.41, 5.74) is 7.67. The van der Waals surface area contributed by atoms with Gasteiger partial charge in [0.05, 0.1) is 18.9 Å². The predicted octanol–water partition coefficient (Wildman–Crippen LogP) is 2.18. The van der Waals surface area contributed by atoms with Gasteiger partial charge >= 0.3 is 0 Å². The van der Waals surface area contributed by atoms with Crippen molar-refractivity contribution in [2.24, 2.45) is 17.6 Å². The molecule has 2 unspecified atom stereocenters. The number of nitrogens with two attached hydrogens (primary N) is 1. The third kappa shape index (κ3) is 4.23. The Morgan fingerprint density at radius 2 is 1.77 bits per heavy atom.